The molecule has 4 nitrogen and oxygen atoms in total. The molecule has 1 aromatic heterocycles. The van der Waals surface area contributed by atoms with Crippen molar-refractivity contribution in [3.63, 3.8) is 0 Å². The van der Waals surface area contributed by atoms with Gasteiger partial charge in [-0.05, 0) is 54.7 Å². The highest BCUT2D eigenvalue weighted by molar-refractivity contribution is 7.07. The summed E-state index contributed by atoms with van der Waals surface area (Å²) in [5.41, 5.74) is 1.09. The van der Waals surface area contributed by atoms with Gasteiger partial charge in [-0.15, -0.1) is 0 Å². The van der Waals surface area contributed by atoms with Gasteiger partial charge in [-0.1, -0.05) is 0 Å². The summed E-state index contributed by atoms with van der Waals surface area (Å²) in [7, 11) is 0. The summed E-state index contributed by atoms with van der Waals surface area (Å²) in [5.74, 6) is 0.0975. The van der Waals surface area contributed by atoms with Crippen molar-refractivity contribution in [2.24, 2.45) is 0 Å². The van der Waals surface area contributed by atoms with E-state index in [4.69, 9.17) is 4.74 Å². The molecule has 0 aliphatic carbocycles. The van der Waals surface area contributed by atoms with E-state index in [1.165, 1.54) is 0 Å². The zero-order valence-corrected chi connectivity index (χ0v) is 12.0. The van der Waals surface area contributed by atoms with Crippen LogP contribution in [-0.4, -0.2) is 38.3 Å². The molecular formula is C14H22N2O2S. The second kappa shape index (κ2) is 8.30. The van der Waals surface area contributed by atoms with Crippen molar-refractivity contribution in [1.29, 1.82) is 0 Å². The number of amides is 1. The van der Waals surface area contributed by atoms with E-state index in [0.29, 0.717) is 19.1 Å². The largest absolute Gasteiger partial charge is 0.378 e. The zero-order chi connectivity index (χ0) is 13.3. The first-order valence-corrected chi connectivity index (χ1v) is 7.89. The summed E-state index contributed by atoms with van der Waals surface area (Å²) < 4.78 is 5.78. The number of carbonyl (C=O) groups excluding carboxylic acids is 1. The number of hydrogen-bond donors (Lipinski definition) is 2. The Labute approximate surface area is 118 Å². The molecule has 0 bridgehead atoms. The molecule has 5 heteroatoms. The normalized spacial score (nSPS) is 16.4. The van der Waals surface area contributed by atoms with E-state index in [2.05, 4.69) is 10.6 Å². The summed E-state index contributed by atoms with van der Waals surface area (Å²) in [6.45, 7) is 3.56. The Balaban J connectivity index is 1.48. The molecule has 0 radical (unpaired) electrons. The molecule has 19 heavy (non-hydrogen) atoms. The van der Waals surface area contributed by atoms with Crippen molar-refractivity contribution in [3.05, 3.63) is 22.4 Å². The molecule has 0 aromatic carbocycles. The van der Waals surface area contributed by atoms with Gasteiger partial charge in [-0.2, -0.15) is 11.3 Å². The van der Waals surface area contributed by atoms with Crippen LogP contribution in [0.5, 0.6) is 0 Å². The average Bonchev–Trinajstić information content (AvgIpc) is 2.92. The van der Waals surface area contributed by atoms with E-state index in [0.717, 1.165) is 44.5 Å². The molecule has 1 aliphatic rings. The van der Waals surface area contributed by atoms with Gasteiger partial charge >= 0.3 is 0 Å². The zero-order valence-electron chi connectivity index (χ0n) is 11.2. The Bertz CT molecular complexity index is 362. The number of hydrogen-bond acceptors (Lipinski definition) is 4. The highest BCUT2D eigenvalue weighted by atomic mass is 32.1. The van der Waals surface area contributed by atoms with Gasteiger partial charge in [-0.25, -0.2) is 0 Å². The second-order valence-corrected chi connectivity index (χ2v) is 5.61. The molecule has 1 fully saturated rings. The number of thiophene rings is 1. The third kappa shape index (κ3) is 5.72. The summed E-state index contributed by atoms with van der Waals surface area (Å²) in [6.07, 6.45) is 3.98. The van der Waals surface area contributed by atoms with Crippen LogP contribution in [0.15, 0.2) is 16.8 Å². The minimum Gasteiger partial charge on any atom is -0.378 e. The molecule has 1 amide bonds. The van der Waals surface area contributed by atoms with Crippen molar-refractivity contribution >= 4 is 17.2 Å². The highest BCUT2D eigenvalue weighted by Gasteiger charge is 2.12. The molecule has 0 atom stereocenters. The second-order valence-electron chi connectivity index (χ2n) is 4.83. The van der Waals surface area contributed by atoms with Crippen molar-refractivity contribution in [3.8, 4) is 0 Å². The molecule has 0 spiro atoms. The smallest absolute Gasteiger partial charge is 0.224 e. The lowest BCUT2D eigenvalue weighted by atomic mass is 10.1. The van der Waals surface area contributed by atoms with Crippen LogP contribution in [-0.2, 0) is 16.0 Å². The Kier molecular flexibility index (Phi) is 6.33. The minimum absolute atomic E-state index is 0.0975. The van der Waals surface area contributed by atoms with Crippen LogP contribution in [0.4, 0.5) is 0 Å². The van der Waals surface area contributed by atoms with Crippen molar-refractivity contribution in [2.45, 2.75) is 31.8 Å². The van der Waals surface area contributed by atoms with Crippen LogP contribution in [0.1, 0.15) is 24.8 Å². The lowest BCUT2D eigenvalue weighted by Gasteiger charge is -2.22. The molecule has 2 rings (SSSR count). The first kappa shape index (κ1) is 14.5. The van der Waals surface area contributed by atoms with Gasteiger partial charge < -0.3 is 15.4 Å². The number of nitrogens with one attached hydrogen (secondary N) is 2. The maximum atomic E-state index is 11.6. The maximum absolute atomic E-state index is 11.6. The fourth-order valence-corrected chi connectivity index (χ4v) is 2.82. The van der Waals surface area contributed by atoms with Crippen LogP contribution in [0.25, 0.3) is 0 Å². The fourth-order valence-electron chi connectivity index (χ4n) is 2.15. The molecule has 106 valence electrons. The SMILES string of the molecule is O=C(Cc1ccsc1)NCCCOC1CCNCC1. The third-order valence-electron chi connectivity index (χ3n) is 3.23. The van der Waals surface area contributed by atoms with Crippen LogP contribution < -0.4 is 10.6 Å². The Morgan fingerprint density at radius 1 is 1.47 bits per heavy atom. The predicted molar refractivity (Wildman–Crippen MR) is 77.5 cm³/mol. The molecule has 0 saturated carbocycles. The number of piperidine rings is 1. The van der Waals surface area contributed by atoms with E-state index in [9.17, 15) is 4.79 Å². The number of rotatable bonds is 7. The van der Waals surface area contributed by atoms with Gasteiger partial charge in [-0.3, -0.25) is 4.79 Å². The number of carbonyl (C=O) groups is 1. The molecule has 1 saturated heterocycles. The first-order valence-electron chi connectivity index (χ1n) is 6.94. The lowest BCUT2D eigenvalue weighted by Crippen LogP contribution is -2.33. The fraction of sp³-hybridized carbons (Fsp3) is 0.643. The summed E-state index contributed by atoms with van der Waals surface area (Å²) in [4.78, 5) is 11.6. The van der Waals surface area contributed by atoms with Crippen molar-refractivity contribution in [1.82, 2.24) is 10.6 Å². The van der Waals surface area contributed by atoms with Crippen LogP contribution in [0.3, 0.4) is 0 Å². The molecule has 2 N–H and O–H groups in total. The Morgan fingerprint density at radius 2 is 2.32 bits per heavy atom. The lowest BCUT2D eigenvalue weighted by molar-refractivity contribution is -0.120. The van der Waals surface area contributed by atoms with Crippen LogP contribution >= 0.6 is 11.3 Å². The summed E-state index contributed by atoms with van der Waals surface area (Å²) in [6, 6.07) is 1.99. The van der Waals surface area contributed by atoms with Crippen LogP contribution in [0.2, 0.25) is 0 Å². The van der Waals surface area contributed by atoms with Gasteiger partial charge in [0.1, 0.15) is 0 Å². The van der Waals surface area contributed by atoms with Gasteiger partial charge in [0.2, 0.25) is 5.91 Å². The van der Waals surface area contributed by atoms with Crippen molar-refractivity contribution < 1.29 is 9.53 Å². The Hall–Kier alpha value is -0.910. The van der Waals surface area contributed by atoms with Crippen molar-refractivity contribution in [2.75, 3.05) is 26.2 Å². The predicted octanol–water partition coefficient (Wildman–Crippen LogP) is 1.57. The summed E-state index contributed by atoms with van der Waals surface area (Å²) in [5, 5.41) is 10.3. The number of ether oxygens (including phenoxy) is 1. The van der Waals surface area contributed by atoms with E-state index < -0.39 is 0 Å². The topological polar surface area (TPSA) is 50.4 Å². The maximum Gasteiger partial charge on any atom is 0.224 e. The summed E-state index contributed by atoms with van der Waals surface area (Å²) >= 11 is 1.62. The highest BCUT2D eigenvalue weighted by Crippen LogP contribution is 2.07. The molecule has 0 unspecified atom stereocenters. The van der Waals surface area contributed by atoms with E-state index >= 15 is 0 Å². The molecule has 1 aliphatic heterocycles. The molecular weight excluding hydrogens is 260 g/mol. The molecule has 2 heterocycles. The van der Waals surface area contributed by atoms with Gasteiger partial charge in [0.25, 0.3) is 0 Å². The standard InChI is InChI=1S/C14H22N2O2S/c17-14(10-12-4-9-19-11-12)16-5-1-8-18-13-2-6-15-7-3-13/h4,9,11,13,15H,1-3,5-8,10H2,(H,16,17). The van der Waals surface area contributed by atoms with Gasteiger partial charge in [0, 0.05) is 13.2 Å². The molecule has 1 aromatic rings. The van der Waals surface area contributed by atoms with E-state index in [-0.39, 0.29) is 5.91 Å². The Morgan fingerprint density at radius 3 is 3.05 bits per heavy atom. The minimum atomic E-state index is 0.0975. The average molecular weight is 282 g/mol. The first-order chi connectivity index (χ1) is 9.34. The quantitative estimate of drug-likeness (QED) is 0.746. The third-order valence-corrected chi connectivity index (χ3v) is 3.96. The van der Waals surface area contributed by atoms with Crippen LogP contribution in [0, 0.1) is 0 Å². The van der Waals surface area contributed by atoms with E-state index in [1.54, 1.807) is 11.3 Å². The van der Waals surface area contributed by atoms with Gasteiger partial charge in [0.15, 0.2) is 0 Å². The monoisotopic (exact) mass is 282 g/mol. The van der Waals surface area contributed by atoms with Gasteiger partial charge in [0.05, 0.1) is 12.5 Å². The van der Waals surface area contributed by atoms with E-state index in [1.807, 2.05) is 16.8 Å².